The van der Waals surface area contributed by atoms with E-state index >= 15 is 0 Å². The number of nitrogens with two attached hydrogens (primary N) is 1. The third kappa shape index (κ3) is 2.89. The van der Waals surface area contributed by atoms with Crippen molar-refractivity contribution < 1.29 is 4.39 Å². The van der Waals surface area contributed by atoms with Gasteiger partial charge in [-0.05, 0) is 48.2 Å². The van der Waals surface area contributed by atoms with Gasteiger partial charge in [-0.3, -0.25) is 0 Å². The van der Waals surface area contributed by atoms with E-state index < -0.39 is 0 Å². The van der Waals surface area contributed by atoms with E-state index in [0.29, 0.717) is 11.6 Å². The quantitative estimate of drug-likeness (QED) is 0.931. The van der Waals surface area contributed by atoms with E-state index in [1.165, 1.54) is 23.4 Å². The minimum Gasteiger partial charge on any atom is -0.363 e. The maximum atomic E-state index is 13.6. The molecule has 1 aliphatic rings. The van der Waals surface area contributed by atoms with Crippen LogP contribution < -0.4 is 10.6 Å². The lowest BCUT2D eigenvalue weighted by Gasteiger charge is -2.37. The molecule has 1 heterocycles. The van der Waals surface area contributed by atoms with Crippen molar-refractivity contribution in [2.45, 2.75) is 18.9 Å². The van der Waals surface area contributed by atoms with Gasteiger partial charge in [0, 0.05) is 23.8 Å². The van der Waals surface area contributed by atoms with E-state index in [1.54, 1.807) is 6.07 Å². The number of hydrogen-bond acceptors (Lipinski definition) is 2. The molecule has 1 atom stereocenters. The van der Waals surface area contributed by atoms with Crippen molar-refractivity contribution >= 4 is 17.3 Å². The zero-order valence-corrected chi connectivity index (χ0v) is 12.5. The molecule has 2 N–H and O–H groups in total. The Labute approximate surface area is 129 Å². The molecule has 2 nitrogen and oxygen atoms in total. The third-order valence-corrected chi connectivity index (χ3v) is 4.23. The van der Waals surface area contributed by atoms with Gasteiger partial charge in [0.25, 0.3) is 0 Å². The minimum atomic E-state index is -0.318. The van der Waals surface area contributed by atoms with Gasteiger partial charge < -0.3 is 10.6 Å². The minimum absolute atomic E-state index is 0.0559. The number of hydrogen-bond donors (Lipinski definition) is 1. The fraction of sp³-hybridized carbons (Fsp3) is 0.294. The Bertz CT molecular complexity index is 624. The van der Waals surface area contributed by atoms with E-state index in [0.717, 1.165) is 24.9 Å². The van der Waals surface area contributed by atoms with Gasteiger partial charge in [-0.1, -0.05) is 29.8 Å². The van der Waals surface area contributed by atoms with Crippen LogP contribution in [0.25, 0.3) is 0 Å². The van der Waals surface area contributed by atoms with Gasteiger partial charge >= 0.3 is 0 Å². The summed E-state index contributed by atoms with van der Waals surface area (Å²) in [5, 5.41) is 0.411. The largest absolute Gasteiger partial charge is 0.363 e. The molecule has 0 radical (unpaired) electrons. The van der Waals surface area contributed by atoms with E-state index in [2.05, 4.69) is 23.1 Å². The fourth-order valence-electron chi connectivity index (χ4n) is 3.10. The molecule has 110 valence electrons. The van der Waals surface area contributed by atoms with Crippen molar-refractivity contribution in [2.75, 3.05) is 18.0 Å². The standard InChI is InChI=1S/C17H18ClFN2/c18-14-8-13(9-15(19)10-14)17(11-20)21-7-3-5-12-4-1-2-6-16(12)21/h1-2,4,6,8-10,17H,3,5,7,11,20H2. The average Bonchev–Trinajstić information content (AvgIpc) is 2.47. The van der Waals surface area contributed by atoms with E-state index in [-0.39, 0.29) is 11.9 Å². The monoisotopic (exact) mass is 304 g/mol. The van der Waals surface area contributed by atoms with Gasteiger partial charge in [0.1, 0.15) is 5.82 Å². The fourth-order valence-corrected chi connectivity index (χ4v) is 3.33. The van der Waals surface area contributed by atoms with Crippen LogP contribution in [0.2, 0.25) is 5.02 Å². The summed E-state index contributed by atoms with van der Waals surface area (Å²) in [5.74, 6) is -0.318. The Morgan fingerprint density at radius 1 is 1.24 bits per heavy atom. The number of para-hydroxylation sites is 1. The number of fused-ring (bicyclic) bond motifs is 1. The predicted molar refractivity (Wildman–Crippen MR) is 85.3 cm³/mol. The van der Waals surface area contributed by atoms with E-state index in [4.69, 9.17) is 17.3 Å². The normalized spacial score (nSPS) is 15.7. The highest BCUT2D eigenvalue weighted by atomic mass is 35.5. The molecule has 4 heteroatoms. The van der Waals surface area contributed by atoms with Crippen LogP contribution in [0.5, 0.6) is 0 Å². The number of rotatable bonds is 3. The molecule has 0 fully saturated rings. The Morgan fingerprint density at radius 2 is 2.05 bits per heavy atom. The van der Waals surface area contributed by atoms with Crippen LogP contribution in [-0.4, -0.2) is 13.1 Å². The zero-order valence-electron chi connectivity index (χ0n) is 11.7. The third-order valence-electron chi connectivity index (χ3n) is 4.02. The van der Waals surface area contributed by atoms with Gasteiger partial charge in [-0.2, -0.15) is 0 Å². The SMILES string of the molecule is NCC(c1cc(F)cc(Cl)c1)N1CCCc2ccccc21. The van der Waals surface area contributed by atoms with Gasteiger partial charge in [0.15, 0.2) is 0 Å². The molecule has 1 aliphatic heterocycles. The van der Waals surface area contributed by atoms with Crippen LogP contribution >= 0.6 is 11.6 Å². The lowest BCUT2D eigenvalue weighted by atomic mass is 9.97. The Kier molecular flexibility index (Phi) is 4.13. The summed E-state index contributed by atoms with van der Waals surface area (Å²) in [6, 6.07) is 12.9. The van der Waals surface area contributed by atoms with Crippen LogP contribution in [0.3, 0.4) is 0 Å². The summed E-state index contributed by atoms with van der Waals surface area (Å²) in [6.45, 7) is 1.35. The maximum Gasteiger partial charge on any atom is 0.125 e. The lowest BCUT2D eigenvalue weighted by molar-refractivity contribution is 0.578. The first-order valence-corrected chi connectivity index (χ1v) is 7.57. The van der Waals surface area contributed by atoms with Crippen molar-refractivity contribution in [1.82, 2.24) is 0 Å². The summed E-state index contributed by atoms with van der Waals surface area (Å²) in [4.78, 5) is 2.27. The number of aryl methyl sites for hydroxylation is 1. The summed E-state index contributed by atoms with van der Waals surface area (Å²) in [7, 11) is 0. The van der Waals surface area contributed by atoms with Crippen LogP contribution in [-0.2, 0) is 6.42 Å². The first-order chi connectivity index (χ1) is 10.2. The van der Waals surface area contributed by atoms with Crippen molar-refractivity contribution in [3.8, 4) is 0 Å². The molecule has 0 bridgehead atoms. The molecule has 0 saturated heterocycles. The van der Waals surface area contributed by atoms with Crippen molar-refractivity contribution in [3.63, 3.8) is 0 Å². The Hall–Kier alpha value is -1.58. The number of anilines is 1. The Morgan fingerprint density at radius 3 is 2.81 bits per heavy atom. The number of halogens is 2. The summed E-state index contributed by atoms with van der Waals surface area (Å²) in [6.07, 6.45) is 2.16. The number of nitrogens with zero attached hydrogens (tertiary/aromatic N) is 1. The highest BCUT2D eigenvalue weighted by molar-refractivity contribution is 6.30. The summed E-state index contributed by atoms with van der Waals surface area (Å²) in [5.41, 5.74) is 9.34. The second kappa shape index (κ2) is 6.04. The second-order valence-electron chi connectivity index (χ2n) is 5.38. The summed E-state index contributed by atoms with van der Waals surface area (Å²) >= 11 is 5.99. The predicted octanol–water partition coefficient (Wildman–Crippen LogP) is 3.93. The highest BCUT2D eigenvalue weighted by Gasteiger charge is 2.24. The molecule has 0 aliphatic carbocycles. The first-order valence-electron chi connectivity index (χ1n) is 7.19. The number of benzene rings is 2. The Balaban J connectivity index is 2.01. The molecule has 0 aromatic heterocycles. The smallest absolute Gasteiger partial charge is 0.125 e. The molecule has 3 rings (SSSR count). The van der Waals surface area contributed by atoms with Crippen LogP contribution in [0.15, 0.2) is 42.5 Å². The van der Waals surface area contributed by atoms with Crippen molar-refractivity contribution in [2.24, 2.45) is 5.73 Å². The molecule has 0 saturated carbocycles. The maximum absolute atomic E-state index is 13.6. The first kappa shape index (κ1) is 14.4. The molecular weight excluding hydrogens is 287 g/mol. The van der Waals surface area contributed by atoms with Gasteiger partial charge in [-0.25, -0.2) is 4.39 Å². The molecule has 21 heavy (non-hydrogen) atoms. The molecule has 1 unspecified atom stereocenters. The lowest BCUT2D eigenvalue weighted by Crippen LogP contribution is -2.37. The topological polar surface area (TPSA) is 29.3 Å². The molecule has 2 aromatic rings. The summed E-state index contributed by atoms with van der Waals surface area (Å²) < 4.78 is 13.6. The van der Waals surface area contributed by atoms with E-state index in [9.17, 15) is 4.39 Å². The van der Waals surface area contributed by atoms with Gasteiger partial charge in [0.05, 0.1) is 6.04 Å². The van der Waals surface area contributed by atoms with Crippen molar-refractivity contribution in [3.05, 3.63) is 64.4 Å². The van der Waals surface area contributed by atoms with Gasteiger partial charge in [0.2, 0.25) is 0 Å². The van der Waals surface area contributed by atoms with Crippen molar-refractivity contribution in [1.29, 1.82) is 0 Å². The van der Waals surface area contributed by atoms with Gasteiger partial charge in [-0.15, -0.1) is 0 Å². The molecule has 2 aromatic carbocycles. The average molecular weight is 305 g/mol. The van der Waals surface area contributed by atoms with Crippen LogP contribution in [0, 0.1) is 5.82 Å². The van der Waals surface area contributed by atoms with Crippen LogP contribution in [0.4, 0.5) is 10.1 Å². The second-order valence-corrected chi connectivity index (χ2v) is 5.82. The molecular formula is C17H18ClFN2. The van der Waals surface area contributed by atoms with E-state index in [1.807, 2.05) is 6.07 Å². The highest BCUT2D eigenvalue weighted by Crippen LogP contribution is 2.34. The molecule has 0 amide bonds. The zero-order chi connectivity index (χ0) is 14.8. The molecule has 0 spiro atoms. The van der Waals surface area contributed by atoms with Crippen LogP contribution in [0.1, 0.15) is 23.6 Å².